The number of carboxylic acid groups (broad SMARTS) is 3. The zero-order valence-electron chi connectivity index (χ0n) is 72.0. The first-order chi connectivity index (χ1) is 53.2. The molecule has 3 aromatic carbocycles. The largest absolute Gasteiger partial charge is 0.545 e. The van der Waals surface area contributed by atoms with Crippen molar-refractivity contribution in [3.8, 4) is 0 Å². The Hall–Kier alpha value is -9.24. The third-order valence-electron chi connectivity index (χ3n) is 18.5. The molecule has 0 radical (unpaired) electrons. The van der Waals surface area contributed by atoms with E-state index in [4.69, 9.17) is 55.9 Å². The summed E-state index contributed by atoms with van der Waals surface area (Å²) in [6, 6.07) is 18.1. The van der Waals surface area contributed by atoms with E-state index in [0.29, 0.717) is 68.2 Å². The molecule has 648 valence electrons. The molecule has 0 aliphatic heterocycles. The predicted molar refractivity (Wildman–Crippen MR) is 422 cm³/mol. The zero-order valence-corrected chi connectivity index (χ0v) is 73.0. The van der Waals surface area contributed by atoms with Crippen LogP contribution in [-0.4, -0.2) is 186 Å². The van der Waals surface area contributed by atoms with Crippen LogP contribution in [0.25, 0.3) is 0 Å². The van der Waals surface area contributed by atoms with E-state index in [9.17, 15) is 72.9 Å². The minimum atomic E-state index is -2.53. The fourth-order valence-corrected chi connectivity index (χ4v) is 9.41. The molecule has 32 heteroatoms. The number of hydrogen-bond acceptors (Lipinski definition) is 27. The number of methoxy groups -OCH3 is 1. The van der Waals surface area contributed by atoms with Crippen LogP contribution in [0.3, 0.4) is 0 Å². The van der Waals surface area contributed by atoms with Gasteiger partial charge in [-0.1, -0.05) is 128 Å². The fourth-order valence-electron chi connectivity index (χ4n) is 7.72. The topological polar surface area (TPSA) is 424 Å². The van der Waals surface area contributed by atoms with E-state index in [1.165, 1.54) is 72.8 Å². The standard InChI is InChI=1S/3C17H23NO6.C12H26O5Si.C10H21NO.C9H18O3/c3*1-4-17(2,3)15(21)23-10-9-18-16(22)24-11-12-5-7-13(8-6-12)14(19)20;1-7-12(2,3)11(13)17-9-8-10-18(14-4,15-5)16-6;1-6-10(4,5)9(12)11(7-2)8-3;1-5-9(2,3)8(10)12-7-6-11-4/h3*5-8H,4,9-11H2,1-3H3,(H,18,22)(H,19,20);7-10H2,1-6H3;6-8H2,1-5H3;5-7H2,1-4H3/p-3. The van der Waals surface area contributed by atoms with Crippen molar-refractivity contribution in [2.45, 2.75) is 209 Å². The first-order valence-electron chi connectivity index (χ1n) is 38.1. The van der Waals surface area contributed by atoms with Gasteiger partial charge in [-0.25, -0.2) is 14.4 Å². The molecule has 0 saturated carbocycles. The summed E-state index contributed by atoms with van der Waals surface area (Å²) in [5, 5.41) is 39.2. The molecule has 0 aliphatic carbocycles. The average molecular weight is 1630 g/mol. The van der Waals surface area contributed by atoms with Crippen LogP contribution in [0.2, 0.25) is 6.04 Å². The molecule has 0 fully saturated rings. The van der Waals surface area contributed by atoms with Crippen LogP contribution in [-0.2, 0) is 104 Å². The van der Waals surface area contributed by atoms with Crippen molar-refractivity contribution < 1.29 is 129 Å². The lowest BCUT2D eigenvalue weighted by Crippen LogP contribution is -2.42. The van der Waals surface area contributed by atoms with Gasteiger partial charge in [0.25, 0.3) is 0 Å². The third kappa shape index (κ3) is 45.6. The molecule has 0 aliphatic rings. The summed E-state index contributed by atoms with van der Waals surface area (Å²) in [5.41, 5.74) is -0.504. The highest BCUT2D eigenvalue weighted by molar-refractivity contribution is 6.60. The van der Waals surface area contributed by atoms with Crippen LogP contribution < -0.4 is 31.3 Å². The van der Waals surface area contributed by atoms with E-state index < -0.39 is 66.7 Å². The number of nitrogens with one attached hydrogen (secondary N) is 3. The first kappa shape index (κ1) is 109. The first-order valence-corrected chi connectivity index (χ1v) is 40.0. The van der Waals surface area contributed by atoms with Crippen molar-refractivity contribution in [3.05, 3.63) is 106 Å². The summed E-state index contributed by atoms with van der Waals surface area (Å²) in [6.07, 6.45) is 3.18. The van der Waals surface area contributed by atoms with Gasteiger partial charge in [0.1, 0.15) is 46.2 Å². The van der Waals surface area contributed by atoms with E-state index in [-0.39, 0.29) is 123 Å². The zero-order chi connectivity index (χ0) is 88.1. The fraction of sp³-hybridized carbons (Fsp3) is 0.634. The SMILES string of the molecule is CCC(C)(C)C(=O)OCCC[Si](OC)(OC)OC.CCC(C)(C)C(=O)OCCNC(=O)OCc1ccc(C(=O)[O-])cc1.CCC(C)(C)C(=O)OCCNC(=O)OCc1ccc(C(=O)[O-])cc1.CCC(C)(C)C(=O)OCCNC(=O)OCc1ccc(C(=O)[O-])cc1.CCC(C)(C)C(=O)OCCOC.CCN(CC)C(=O)C(C)(C)CC. The number of alkyl carbamates (subject to hydrolysis) is 3. The number of benzene rings is 3. The monoisotopic (exact) mass is 1630 g/mol. The maximum atomic E-state index is 11.8. The molecule has 0 atom stereocenters. The van der Waals surface area contributed by atoms with Crippen molar-refractivity contribution >= 4 is 80.7 Å². The summed E-state index contributed by atoms with van der Waals surface area (Å²) < 4.78 is 61.0. The second-order valence-corrected chi connectivity index (χ2v) is 32.5. The number of hydrogen-bond donors (Lipinski definition) is 3. The Morgan fingerprint density at radius 1 is 0.333 bits per heavy atom. The molecule has 0 spiro atoms. The molecule has 0 heterocycles. The number of ether oxygens (including phenoxy) is 9. The molecule has 4 amide bonds. The van der Waals surface area contributed by atoms with Gasteiger partial charge in [0.2, 0.25) is 5.91 Å². The Morgan fingerprint density at radius 2 is 0.570 bits per heavy atom. The maximum Gasteiger partial charge on any atom is 0.500 e. The molecule has 0 aromatic heterocycles. The number of carbonyl (C=O) groups excluding carboxylic acids is 12. The number of aromatic carboxylic acids is 3. The highest BCUT2D eigenvalue weighted by Crippen LogP contribution is 2.27. The van der Waals surface area contributed by atoms with Crippen LogP contribution in [0.4, 0.5) is 14.4 Å². The van der Waals surface area contributed by atoms with Gasteiger partial charge in [-0.3, -0.25) is 28.8 Å². The molecule has 3 rings (SSSR count). The molecular formula is C82H131N4O27Si-3. The van der Waals surface area contributed by atoms with Crippen LogP contribution in [0, 0.1) is 32.5 Å². The van der Waals surface area contributed by atoms with E-state index in [1.807, 2.05) is 94.9 Å². The van der Waals surface area contributed by atoms with Crippen LogP contribution in [0.15, 0.2) is 72.8 Å². The number of rotatable bonds is 42. The predicted octanol–water partition coefficient (Wildman–Crippen LogP) is 9.90. The normalized spacial score (nSPS) is 11.2. The lowest BCUT2D eigenvalue weighted by Gasteiger charge is -2.29. The lowest BCUT2D eigenvalue weighted by molar-refractivity contribution is -0.256. The number of nitrogens with zero attached hydrogens (tertiary/aromatic N) is 1. The summed E-state index contributed by atoms with van der Waals surface area (Å²) in [4.78, 5) is 138. The lowest BCUT2D eigenvalue weighted by atomic mass is 9.88. The minimum absolute atomic E-state index is 0.00180. The highest BCUT2D eigenvalue weighted by atomic mass is 28.4. The van der Waals surface area contributed by atoms with Gasteiger partial charge in [0, 0.05) is 53.0 Å². The number of carbonyl (C=O) groups is 12. The summed E-state index contributed by atoms with van der Waals surface area (Å²) in [5.74, 6) is -4.76. The van der Waals surface area contributed by atoms with Gasteiger partial charge in [-0.05, 0) is 161 Å². The van der Waals surface area contributed by atoms with Crippen molar-refractivity contribution in [1.29, 1.82) is 0 Å². The molecule has 3 N–H and O–H groups in total. The summed E-state index contributed by atoms with van der Waals surface area (Å²) in [6.45, 7) is 41.5. The van der Waals surface area contributed by atoms with Crippen molar-refractivity contribution in [3.63, 3.8) is 0 Å². The van der Waals surface area contributed by atoms with Crippen molar-refractivity contribution in [2.24, 2.45) is 32.5 Å². The number of carboxylic acids is 3. The second kappa shape index (κ2) is 56.9. The van der Waals surface area contributed by atoms with Gasteiger partial charge in [-0.2, -0.15) is 0 Å². The molecule has 114 heavy (non-hydrogen) atoms. The Balaban J connectivity index is -0.00000132. The van der Waals surface area contributed by atoms with E-state index in [2.05, 4.69) is 22.9 Å². The van der Waals surface area contributed by atoms with Gasteiger partial charge < -0.3 is 106 Å². The van der Waals surface area contributed by atoms with Crippen LogP contribution in [0.5, 0.6) is 0 Å². The van der Waals surface area contributed by atoms with Gasteiger partial charge in [0.05, 0.1) is 77.8 Å². The van der Waals surface area contributed by atoms with Gasteiger partial charge in [-0.15, -0.1) is 0 Å². The maximum absolute atomic E-state index is 11.8. The Kier molecular flexibility index (Phi) is 54.4. The number of amides is 4. The van der Waals surface area contributed by atoms with Crippen LogP contribution >= 0.6 is 0 Å². The molecule has 0 unspecified atom stereocenters. The van der Waals surface area contributed by atoms with E-state index >= 15 is 0 Å². The Labute approximate surface area is 676 Å². The van der Waals surface area contributed by atoms with Gasteiger partial charge >= 0.3 is 56.9 Å². The van der Waals surface area contributed by atoms with Crippen molar-refractivity contribution in [1.82, 2.24) is 20.9 Å². The highest BCUT2D eigenvalue weighted by Gasteiger charge is 2.38. The second-order valence-electron chi connectivity index (χ2n) is 29.4. The quantitative estimate of drug-likeness (QED) is 0.0205. The third-order valence-corrected chi connectivity index (χ3v) is 21.3. The smallest absolute Gasteiger partial charge is 0.500 e. The van der Waals surface area contributed by atoms with Crippen molar-refractivity contribution in [2.75, 3.05) is 101 Å². The van der Waals surface area contributed by atoms with E-state index in [0.717, 1.165) is 32.4 Å². The average Bonchev–Trinajstić information content (AvgIpc) is 0.858. The van der Waals surface area contributed by atoms with Crippen LogP contribution in [0.1, 0.15) is 231 Å². The van der Waals surface area contributed by atoms with E-state index in [1.54, 1.807) is 70.0 Å². The summed E-state index contributed by atoms with van der Waals surface area (Å²) >= 11 is 0. The minimum Gasteiger partial charge on any atom is -0.545 e. The molecule has 0 saturated heterocycles. The van der Waals surface area contributed by atoms with Gasteiger partial charge in [0.15, 0.2) is 0 Å². The summed E-state index contributed by atoms with van der Waals surface area (Å²) in [7, 11) is 3.77. The Bertz CT molecular complexity index is 3090. The molecule has 31 nitrogen and oxygen atoms in total. The Morgan fingerprint density at radius 3 is 0.781 bits per heavy atom. The molecule has 3 aromatic rings. The molecular weight excluding hydrogens is 1500 g/mol. The molecule has 0 bridgehead atoms. The number of esters is 5.